The van der Waals surface area contributed by atoms with E-state index in [1.54, 1.807) is 0 Å². The zero-order valence-corrected chi connectivity index (χ0v) is 14.3. The Morgan fingerprint density at radius 3 is 2.45 bits per heavy atom. The Kier molecular flexibility index (Phi) is 4.94. The van der Waals surface area contributed by atoms with Crippen molar-refractivity contribution in [1.82, 2.24) is 0 Å². The summed E-state index contributed by atoms with van der Waals surface area (Å²) >= 11 is 2.62. The van der Waals surface area contributed by atoms with Gasteiger partial charge in [0.1, 0.15) is 6.07 Å². The Labute approximate surface area is 138 Å². The van der Waals surface area contributed by atoms with Gasteiger partial charge in [-0.2, -0.15) is 5.26 Å². The number of thiophene rings is 1. The third-order valence-corrected chi connectivity index (χ3v) is 5.53. The lowest BCUT2D eigenvalue weighted by Crippen LogP contribution is -2.10. The largest absolute Gasteiger partial charge is 0.481 e. The number of benzene rings is 1. The number of nitriles is 1. The molecule has 114 valence electrons. The number of carboxylic acids is 1. The molecule has 0 aliphatic rings. The number of hydrogen-bond donors (Lipinski definition) is 1. The minimum absolute atomic E-state index is 0.0302. The molecule has 2 rings (SSSR count). The summed E-state index contributed by atoms with van der Waals surface area (Å²) in [5.41, 5.74) is 3.77. The summed E-state index contributed by atoms with van der Waals surface area (Å²) in [5.74, 6) is -0.907. The molecule has 0 aliphatic carbocycles. The molecule has 0 amide bonds. The molecule has 5 heteroatoms. The van der Waals surface area contributed by atoms with Gasteiger partial charge in [-0.3, -0.25) is 4.79 Å². The van der Waals surface area contributed by atoms with Crippen molar-refractivity contribution in [2.24, 2.45) is 0 Å². The molecular weight excluding hydrogens is 314 g/mol. The minimum Gasteiger partial charge on any atom is -0.481 e. The monoisotopic (exact) mass is 331 g/mol. The highest BCUT2D eigenvalue weighted by Gasteiger charge is 2.17. The van der Waals surface area contributed by atoms with Crippen LogP contribution in [0.25, 0.3) is 11.1 Å². The summed E-state index contributed by atoms with van der Waals surface area (Å²) in [6, 6.07) is 10.4. The summed E-state index contributed by atoms with van der Waals surface area (Å²) in [7, 11) is 0. The van der Waals surface area contributed by atoms with Gasteiger partial charge in [-0.05, 0) is 16.5 Å². The fraction of sp³-hybridized carbons (Fsp3) is 0.294. The van der Waals surface area contributed by atoms with Gasteiger partial charge in [-0.25, -0.2) is 0 Å². The van der Waals surface area contributed by atoms with Crippen LogP contribution in [0.2, 0.25) is 0 Å². The van der Waals surface area contributed by atoms with Gasteiger partial charge in [-0.15, -0.1) is 23.1 Å². The third kappa shape index (κ3) is 3.70. The van der Waals surface area contributed by atoms with Crippen LogP contribution in [-0.2, 0) is 10.2 Å². The van der Waals surface area contributed by atoms with E-state index in [0.29, 0.717) is 5.56 Å². The van der Waals surface area contributed by atoms with Gasteiger partial charge in [-0.1, -0.05) is 45.0 Å². The second kappa shape index (κ2) is 6.55. The molecule has 0 radical (unpaired) electrons. The molecule has 3 nitrogen and oxygen atoms in total. The minimum atomic E-state index is -0.877. The summed E-state index contributed by atoms with van der Waals surface area (Å²) in [4.78, 5) is 10.7. The highest BCUT2D eigenvalue weighted by molar-refractivity contribution is 8.01. The van der Waals surface area contributed by atoms with E-state index in [1.165, 1.54) is 28.7 Å². The Morgan fingerprint density at radius 2 is 1.95 bits per heavy atom. The zero-order valence-electron chi connectivity index (χ0n) is 12.7. The number of carbonyl (C=O) groups is 1. The predicted molar refractivity (Wildman–Crippen MR) is 91.5 cm³/mol. The molecule has 1 aromatic heterocycles. The van der Waals surface area contributed by atoms with E-state index in [4.69, 9.17) is 5.11 Å². The highest BCUT2D eigenvalue weighted by atomic mass is 32.2. The van der Waals surface area contributed by atoms with Crippen molar-refractivity contribution in [3.63, 3.8) is 0 Å². The smallest absolute Gasteiger partial charge is 0.313 e. The molecule has 0 unspecified atom stereocenters. The van der Waals surface area contributed by atoms with E-state index in [9.17, 15) is 10.1 Å². The molecule has 0 saturated carbocycles. The van der Waals surface area contributed by atoms with E-state index < -0.39 is 5.97 Å². The number of rotatable bonds is 4. The van der Waals surface area contributed by atoms with E-state index in [2.05, 4.69) is 39.0 Å². The van der Waals surface area contributed by atoms with Crippen molar-refractivity contribution >= 4 is 29.1 Å². The topological polar surface area (TPSA) is 61.1 Å². The van der Waals surface area contributed by atoms with Gasteiger partial charge in [0.05, 0.1) is 15.5 Å². The highest BCUT2D eigenvalue weighted by Crippen LogP contribution is 2.37. The van der Waals surface area contributed by atoms with Crippen molar-refractivity contribution in [2.75, 3.05) is 5.75 Å². The maximum absolute atomic E-state index is 10.7. The predicted octanol–water partition coefficient (Wildman–Crippen LogP) is 4.76. The van der Waals surface area contributed by atoms with Gasteiger partial charge in [0, 0.05) is 10.9 Å². The molecule has 0 saturated heterocycles. The second-order valence-corrected chi connectivity index (χ2v) is 8.06. The van der Waals surface area contributed by atoms with Crippen LogP contribution in [0.5, 0.6) is 0 Å². The molecule has 1 heterocycles. The maximum Gasteiger partial charge on any atom is 0.313 e. The maximum atomic E-state index is 10.7. The standard InChI is InChI=1S/C17H17NO2S2/c1-17(2,3)12-6-4-11(5-7-12)14-9-21-16(13(14)8-18)22-10-15(19)20/h4-7,9H,10H2,1-3H3,(H,19,20). The van der Waals surface area contributed by atoms with E-state index in [0.717, 1.165) is 15.3 Å². The first kappa shape index (κ1) is 16.6. The fourth-order valence-electron chi connectivity index (χ4n) is 2.04. The van der Waals surface area contributed by atoms with Gasteiger partial charge in [0.2, 0.25) is 0 Å². The molecular formula is C17H17NO2S2. The van der Waals surface area contributed by atoms with Gasteiger partial charge in [0.25, 0.3) is 0 Å². The van der Waals surface area contributed by atoms with Gasteiger partial charge >= 0.3 is 5.97 Å². The van der Waals surface area contributed by atoms with Crippen molar-refractivity contribution in [3.05, 3.63) is 40.8 Å². The number of carboxylic acid groups (broad SMARTS) is 1. The first-order valence-corrected chi connectivity index (χ1v) is 8.66. The van der Waals surface area contributed by atoms with Crippen molar-refractivity contribution in [2.45, 2.75) is 30.4 Å². The Hall–Kier alpha value is -1.77. The SMILES string of the molecule is CC(C)(C)c1ccc(-c2csc(SCC(=O)O)c2C#N)cc1. The molecule has 1 N–H and O–H groups in total. The summed E-state index contributed by atoms with van der Waals surface area (Å²) in [6.45, 7) is 6.48. The molecule has 2 aromatic rings. The molecule has 0 bridgehead atoms. The molecule has 0 atom stereocenters. The summed E-state index contributed by atoms with van der Waals surface area (Å²) in [6.07, 6.45) is 0. The summed E-state index contributed by atoms with van der Waals surface area (Å²) < 4.78 is 0.764. The van der Waals surface area contributed by atoms with Crippen LogP contribution in [0.15, 0.2) is 33.9 Å². The molecule has 0 spiro atoms. The van der Waals surface area contributed by atoms with Crippen LogP contribution in [0.4, 0.5) is 0 Å². The quantitative estimate of drug-likeness (QED) is 0.820. The first-order chi connectivity index (χ1) is 10.3. The van der Waals surface area contributed by atoms with Crippen LogP contribution < -0.4 is 0 Å². The summed E-state index contributed by atoms with van der Waals surface area (Å²) in [5, 5.41) is 20.1. The number of hydrogen-bond acceptors (Lipinski definition) is 4. The van der Waals surface area contributed by atoms with Crippen LogP contribution in [0, 0.1) is 11.3 Å². The molecule has 1 aromatic carbocycles. The van der Waals surface area contributed by atoms with Crippen LogP contribution in [0.3, 0.4) is 0 Å². The lowest BCUT2D eigenvalue weighted by molar-refractivity contribution is -0.133. The number of aliphatic carboxylic acids is 1. The van der Waals surface area contributed by atoms with Crippen LogP contribution in [0.1, 0.15) is 31.9 Å². The molecule has 0 fully saturated rings. The Balaban J connectivity index is 2.33. The van der Waals surface area contributed by atoms with Crippen molar-refractivity contribution in [1.29, 1.82) is 5.26 Å². The lowest BCUT2D eigenvalue weighted by atomic mass is 9.86. The van der Waals surface area contributed by atoms with E-state index in [-0.39, 0.29) is 11.2 Å². The third-order valence-electron chi connectivity index (χ3n) is 3.26. The number of thioether (sulfide) groups is 1. The lowest BCUT2D eigenvalue weighted by Gasteiger charge is -2.19. The first-order valence-electron chi connectivity index (χ1n) is 6.80. The van der Waals surface area contributed by atoms with Crippen molar-refractivity contribution < 1.29 is 9.90 Å². The molecule has 22 heavy (non-hydrogen) atoms. The van der Waals surface area contributed by atoms with Crippen LogP contribution >= 0.6 is 23.1 Å². The zero-order chi connectivity index (χ0) is 16.3. The van der Waals surface area contributed by atoms with Gasteiger partial charge < -0.3 is 5.11 Å². The average Bonchev–Trinajstić information content (AvgIpc) is 2.87. The van der Waals surface area contributed by atoms with E-state index >= 15 is 0 Å². The molecule has 0 aliphatic heterocycles. The average molecular weight is 331 g/mol. The number of nitrogens with zero attached hydrogens (tertiary/aromatic N) is 1. The fourth-order valence-corrected chi connectivity index (χ4v) is 3.94. The Bertz CT molecular complexity index is 719. The van der Waals surface area contributed by atoms with E-state index in [1.807, 2.05) is 17.5 Å². The van der Waals surface area contributed by atoms with Crippen molar-refractivity contribution in [3.8, 4) is 17.2 Å². The second-order valence-electron chi connectivity index (χ2n) is 5.93. The Morgan fingerprint density at radius 1 is 1.32 bits per heavy atom. The van der Waals surface area contributed by atoms with Crippen LogP contribution in [-0.4, -0.2) is 16.8 Å². The van der Waals surface area contributed by atoms with Gasteiger partial charge in [0.15, 0.2) is 0 Å². The normalized spacial score (nSPS) is 11.2.